The van der Waals surface area contributed by atoms with Crippen LogP contribution in [0.25, 0.3) is 44.4 Å². The Balaban J connectivity index is 0.00000448. The molecule has 0 saturated carbocycles. The maximum atomic E-state index is 6.62. The Hall–Kier alpha value is -4.47. The molecule has 0 saturated heterocycles. The fourth-order valence-corrected chi connectivity index (χ4v) is 7.17. The molecule has 0 fully saturated rings. The maximum absolute atomic E-state index is 6.62. The third-order valence-electron chi connectivity index (χ3n) is 10.3. The number of fused-ring (bicyclic) bond motifs is 3. The third kappa shape index (κ3) is 6.81. The summed E-state index contributed by atoms with van der Waals surface area (Å²) in [5, 5.41) is 7.10. The molecule has 0 amide bonds. The predicted molar refractivity (Wildman–Crippen MR) is 206 cm³/mol. The zero-order valence-electron chi connectivity index (χ0n) is 31.3. The van der Waals surface area contributed by atoms with Crippen molar-refractivity contribution >= 4 is 21.8 Å². The van der Waals surface area contributed by atoms with E-state index in [0.29, 0.717) is 17.4 Å². The number of aromatic nitrogens is 4. The number of ether oxygens (including phenoxy) is 1. The van der Waals surface area contributed by atoms with Gasteiger partial charge in [-0.3, -0.25) is 4.68 Å². The van der Waals surface area contributed by atoms with Gasteiger partial charge in [0.2, 0.25) is 0 Å². The van der Waals surface area contributed by atoms with Crippen LogP contribution in [0, 0.1) is 52.7 Å². The number of nitrogens with zero attached hydrogens (tertiary/aromatic N) is 4. The summed E-state index contributed by atoms with van der Waals surface area (Å²) < 4.78 is 10.7. The minimum absolute atomic E-state index is 0. The van der Waals surface area contributed by atoms with E-state index in [-0.39, 0.29) is 26.5 Å². The first-order valence-corrected chi connectivity index (χ1v) is 17.6. The van der Waals surface area contributed by atoms with Crippen LogP contribution < -0.4 is 4.74 Å². The van der Waals surface area contributed by atoms with E-state index >= 15 is 0 Å². The molecule has 0 N–H and O–H groups in total. The fraction of sp³-hybridized carbons (Fsp3) is 0.289. The molecule has 0 aliphatic heterocycles. The van der Waals surface area contributed by atoms with Crippen molar-refractivity contribution in [3.05, 3.63) is 130 Å². The first kappa shape index (κ1) is 36.3. The van der Waals surface area contributed by atoms with Crippen molar-refractivity contribution in [3.8, 4) is 34.1 Å². The van der Waals surface area contributed by atoms with Crippen LogP contribution in [0.2, 0.25) is 0 Å². The quantitative estimate of drug-likeness (QED) is 0.150. The first-order chi connectivity index (χ1) is 23.8. The van der Waals surface area contributed by atoms with Crippen LogP contribution in [-0.2, 0) is 32.9 Å². The molecule has 3 heterocycles. The van der Waals surface area contributed by atoms with Crippen molar-refractivity contribution in [2.24, 2.45) is 5.92 Å². The van der Waals surface area contributed by atoms with Crippen LogP contribution in [0.3, 0.4) is 0 Å². The van der Waals surface area contributed by atoms with Gasteiger partial charge in [0.1, 0.15) is 5.82 Å². The number of hydrogen-bond donors (Lipinski definition) is 0. The van der Waals surface area contributed by atoms with Crippen molar-refractivity contribution in [2.75, 3.05) is 0 Å². The Morgan fingerprint density at radius 1 is 0.784 bits per heavy atom. The van der Waals surface area contributed by atoms with E-state index in [9.17, 15) is 0 Å². The minimum atomic E-state index is -0.00595. The van der Waals surface area contributed by atoms with Crippen molar-refractivity contribution in [3.63, 3.8) is 0 Å². The number of rotatable bonds is 7. The maximum Gasteiger partial charge on any atom is 2.00 e. The average molecular weight is 854 g/mol. The standard InChI is InChI=1S/C45H46N4O.Pt/c1-27(2)19-33-20-36(48-26-34(25-47-48)44-31(6)29(4)28(3)30(5)32(44)7)23-38(21-33)50-37-15-16-40-39-13-11-12-14-41(39)49(42(40)24-37)43-22-35(17-18-46-43)45(8,9)10;/h11-18,20-22,25-27H,19H2,1-10H3;/q-2;+2. The molecule has 7 aromatic rings. The molecule has 0 atom stereocenters. The van der Waals surface area contributed by atoms with E-state index in [1.807, 2.05) is 23.1 Å². The Morgan fingerprint density at radius 2 is 1.49 bits per heavy atom. The van der Waals surface area contributed by atoms with Gasteiger partial charge in [-0.05, 0) is 121 Å². The summed E-state index contributed by atoms with van der Waals surface area (Å²) in [7, 11) is 0. The summed E-state index contributed by atoms with van der Waals surface area (Å²) in [6.45, 7) is 22.2. The molecule has 0 bridgehead atoms. The Labute approximate surface area is 317 Å². The topological polar surface area (TPSA) is 44.9 Å². The van der Waals surface area contributed by atoms with Crippen molar-refractivity contribution in [1.82, 2.24) is 19.3 Å². The van der Waals surface area contributed by atoms with E-state index in [1.54, 1.807) is 0 Å². The molecule has 0 spiro atoms. The van der Waals surface area contributed by atoms with Crippen molar-refractivity contribution in [2.45, 2.75) is 81.1 Å². The number of benzene rings is 4. The predicted octanol–water partition coefficient (Wildman–Crippen LogP) is 11.5. The molecule has 0 radical (unpaired) electrons. The third-order valence-corrected chi connectivity index (χ3v) is 10.3. The van der Waals surface area contributed by atoms with Crippen LogP contribution in [0.15, 0.2) is 79.3 Å². The zero-order valence-corrected chi connectivity index (χ0v) is 33.6. The smallest absolute Gasteiger partial charge is 0.509 e. The van der Waals surface area contributed by atoms with E-state index < -0.39 is 0 Å². The van der Waals surface area contributed by atoms with Gasteiger partial charge in [-0.25, -0.2) is 4.98 Å². The zero-order chi connectivity index (χ0) is 35.5. The molecule has 0 unspecified atom stereocenters. The average Bonchev–Trinajstić information content (AvgIpc) is 3.69. The second kappa shape index (κ2) is 13.9. The summed E-state index contributed by atoms with van der Waals surface area (Å²) in [6, 6.07) is 28.3. The molecule has 7 rings (SSSR count). The van der Waals surface area contributed by atoms with Gasteiger partial charge < -0.3 is 9.30 Å². The summed E-state index contributed by atoms with van der Waals surface area (Å²) in [5.74, 6) is 2.60. The van der Waals surface area contributed by atoms with E-state index in [2.05, 4.69) is 147 Å². The number of hydrogen-bond acceptors (Lipinski definition) is 3. The summed E-state index contributed by atoms with van der Waals surface area (Å²) >= 11 is 0. The van der Waals surface area contributed by atoms with Crippen LogP contribution >= 0.6 is 0 Å². The molecular weight excluding hydrogens is 808 g/mol. The van der Waals surface area contributed by atoms with Gasteiger partial charge in [0.25, 0.3) is 0 Å². The van der Waals surface area contributed by atoms with Crippen LogP contribution in [0.4, 0.5) is 0 Å². The molecular formula is C45H46N4OPt. The molecule has 5 nitrogen and oxygen atoms in total. The van der Waals surface area contributed by atoms with Gasteiger partial charge >= 0.3 is 21.1 Å². The van der Waals surface area contributed by atoms with Crippen molar-refractivity contribution in [1.29, 1.82) is 0 Å². The van der Waals surface area contributed by atoms with E-state index in [1.165, 1.54) is 44.5 Å². The van der Waals surface area contributed by atoms with Crippen molar-refractivity contribution < 1.29 is 25.8 Å². The van der Waals surface area contributed by atoms with Gasteiger partial charge in [0.15, 0.2) is 0 Å². The Kier molecular flexibility index (Phi) is 9.91. The molecule has 0 aliphatic carbocycles. The van der Waals surface area contributed by atoms with Crippen LogP contribution in [-0.4, -0.2) is 19.3 Å². The summed E-state index contributed by atoms with van der Waals surface area (Å²) in [5.41, 5.74) is 14.2. The molecule has 0 aliphatic rings. The second-order valence-corrected chi connectivity index (χ2v) is 15.2. The molecule has 3 aromatic heterocycles. The van der Waals surface area contributed by atoms with E-state index in [4.69, 9.17) is 14.8 Å². The Bertz CT molecular complexity index is 2380. The van der Waals surface area contributed by atoms with Gasteiger partial charge in [0.05, 0.1) is 6.20 Å². The normalized spacial score (nSPS) is 11.8. The van der Waals surface area contributed by atoms with E-state index in [0.717, 1.165) is 45.3 Å². The molecule has 51 heavy (non-hydrogen) atoms. The number of pyridine rings is 1. The summed E-state index contributed by atoms with van der Waals surface area (Å²) in [6.07, 6.45) is 6.90. The SMILES string of the molecule is Cc1c(C)c(C)c(-c2cnn(-c3[c-]c(Oc4[c-]c5c(cc4)c4ccccc4n5-c4cc(C(C)(C)C)ccn4)cc(CC(C)C)c3)c2)c(C)c1C.[Pt+2]. The van der Waals surface area contributed by atoms with Gasteiger partial charge in [-0.2, -0.15) is 16.7 Å². The monoisotopic (exact) mass is 853 g/mol. The molecule has 6 heteroatoms. The number of para-hydroxylation sites is 1. The fourth-order valence-electron chi connectivity index (χ4n) is 7.17. The molecule has 4 aromatic carbocycles. The second-order valence-electron chi connectivity index (χ2n) is 15.2. The summed E-state index contributed by atoms with van der Waals surface area (Å²) in [4.78, 5) is 4.83. The van der Waals surface area contributed by atoms with Gasteiger partial charge in [-0.1, -0.05) is 58.3 Å². The Morgan fingerprint density at radius 3 is 2.20 bits per heavy atom. The largest absolute Gasteiger partial charge is 2.00 e. The minimum Gasteiger partial charge on any atom is -0.509 e. The molecule has 262 valence electrons. The first-order valence-electron chi connectivity index (χ1n) is 17.6. The van der Waals surface area contributed by atoms with Gasteiger partial charge in [0, 0.05) is 35.0 Å². The van der Waals surface area contributed by atoms with Crippen LogP contribution in [0.5, 0.6) is 11.5 Å². The van der Waals surface area contributed by atoms with Crippen LogP contribution in [0.1, 0.15) is 73.6 Å². The van der Waals surface area contributed by atoms with Gasteiger partial charge in [-0.15, -0.1) is 35.7 Å².